The summed E-state index contributed by atoms with van der Waals surface area (Å²) in [5.74, 6) is 0.815. The smallest absolute Gasteiger partial charge is 0.109 e. The molecule has 0 heterocycles. The molecule has 0 N–H and O–H groups in total. The molecule has 0 nitrogen and oxygen atoms in total. The Kier molecular flexibility index (Phi) is 2.40. The van der Waals surface area contributed by atoms with Crippen LogP contribution in [0.4, 0.5) is 0 Å². The van der Waals surface area contributed by atoms with Crippen LogP contribution >= 0.6 is 69.6 Å². The summed E-state index contributed by atoms with van der Waals surface area (Å²) in [5, 5.41) is 0.654. The summed E-state index contributed by atoms with van der Waals surface area (Å²) in [6, 6.07) is 0. The Balaban J connectivity index is 2.03. The van der Waals surface area contributed by atoms with Gasteiger partial charge in [-0.25, -0.2) is 0 Å². The average Bonchev–Trinajstić information content (AvgIpc) is 2.97. The average molecular weight is 365 g/mol. The standard InChI is InChI=1S/C12H8Cl6/c13-8-9(14)11(16)7-5-2-1-4(3-5)6(7)10(8,15)12(11,17)18/h1-2,4-7H,3H2/t4-,5+,6+,7-,10-,11-/m0/s1. The van der Waals surface area contributed by atoms with E-state index in [-0.39, 0.29) is 11.8 Å². The third-order valence-electron chi connectivity index (χ3n) is 5.12. The van der Waals surface area contributed by atoms with E-state index in [9.17, 15) is 0 Å². The van der Waals surface area contributed by atoms with Gasteiger partial charge in [-0.3, -0.25) is 0 Å². The first-order chi connectivity index (χ1) is 8.28. The topological polar surface area (TPSA) is 0 Å². The fourth-order valence-electron chi connectivity index (χ4n) is 4.48. The van der Waals surface area contributed by atoms with Crippen molar-refractivity contribution in [1.82, 2.24) is 0 Å². The Labute approximate surface area is 135 Å². The molecule has 18 heavy (non-hydrogen) atoms. The van der Waals surface area contributed by atoms with Gasteiger partial charge >= 0.3 is 0 Å². The van der Waals surface area contributed by atoms with Crippen molar-refractivity contribution in [1.29, 1.82) is 0 Å². The van der Waals surface area contributed by atoms with Crippen molar-refractivity contribution in [2.45, 2.75) is 20.5 Å². The molecule has 4 aliphatic carbocycles. The maximum absolute atomic E-state index is 6.76. The molecule has 4 bridgehead atoms. The van der Waals surface area contributed by atoms with Crippen LogP contribution in [0.1, 0.15) is 6.42 Å². The van der Waals surface area contributed by atoms with Gasteiger partial charge in [0.1, 0.15) is 9.75 Å². The summed E-state index contributed by atoms with van der Waals surface area (Å²) in [4.78, 5) is -2.13. The summed E-state index contributed by atoms with van der Waals surface area (Å²) >= 11 is 39.2. The first-order valence-electron chi connectivity index (χ1n) is 5.78. The van der Waals surface area contributed by atoms with E-state index in [0.717, 1.165) is 6.42 Å². The molecule has 0 radical (unpaired) electrons. The first kappa shape index (κ1) is 12.9. The molecule has 6 atom stereocenters. The summed E-state index contributed by atoms with van der Waals surface area (Å²) in [7, 11) is 0. The molecule has 4 rings (SSSR count). The van der Waals surface area contributed by atoms with E-state index in [2.05, 4.69) is 12.2 Å². The van der Waals surface area contributed by atoms with Gasteiger partial charge in [-0.1, -0.05) is 58.6 Å². The fraction of sp³-hybridized carbons (Fsp3) is 0.667. The second-order valence-electron chi connectivity index (χ2n) is 5.63. The quantitative estimate of drug-likeness (QED) is 0.312. The van der Waals surface area contributed by atoms with Crippen LogP contribution in [0.5, 0.6) is 0 Å². The Bertz CT molecular complexity index is 481. The number of alkyl halides is 4. The molecule has 0 aromatic heterocycles. The lowest BCUT2D eigenvalue weighted by molar-refractivity contribution is 0.305. The largest absolute Gasteiger partial charge is 0.166 e. The summed E-state index contributed by atoms with van der Waals surface area (Å²) < 4.78 is -1.37. The minimum Gasteiger partial charge on any atom is -0.109 e. The molecule has 6 heteroatoms. The predicted molar refractivity (Wildman–Crippen MR) is 78.1 cm³/mol. The van der Waals surface area contributed by atoms with Crippen LogP contribution in [-0.2, 0) is 0 Å². The normalized spacial score (nSPS) is 58.8. The number of hydrogen-bond acceptors (Lipinski definition) is 0. The van der Waals surface area contributed by atoms with Crippen molar-refractivity contribution in [3.05, 3.63) is 22.2 Å². The van der Waals surface area contributed by atoms with Crippen LogP contribution in [-0.4, -0.2) is 14.1 Å². The summed E-state index contributed by atoms with van der Waals surface area (Å²) in [5.41, 5.74) is 0. The van der Waals surface area contributed by atoms with Crippen molar-refractivity contribution in [2.75, 3.05) is 0 Å². The van der Waals surface area contributed by atoms with Gasteiger partial charge in [0.15, 0.2) is 4.33 Å². The Morgan fingerprint density at radius 1 is 0.833 bits per heavy atom. The highest BCUT2D eigenvalue weighted by atomic mass is 35.5. The molecule has 0 amide bonds. The highest BCUT2D eigenvalue weighted by Crippen LogP contribution is 2.81. The van der Waals surface area contributed by atoms with E-state index in [1.165, 1.54) is 0 Å². The SMILES string of the molecule is ClC1=C(Cl)[C@@]2(Cl)[C@H]3[C@H]([C@@H]4C=C[C@H]3C4)[C@@]1(Cl)C2(Cl)Cl. The maximum atomic E-state index is 6.76. The molecular weight excluding hydrogens is 357 g/mol. The van der Waals surface area contributed by atoms with Gasteiger partial charge in [0.25, 0.3) is 0 Å². The zero-order valence-corrected chi connectivity index (χ0v) is 13.5. The van der Waals surface area contributed by atoms with Gasteiger partial charge in [-0.2, -0.15) is 0 Å². The highest BCUT2D eigenvalue weighted by molar-refractivity contribution is 6.65. The molecule has 0 saturated heterocycles. The number of hydrogen-bond donors (Lipinski definition) is 0. The maximum Gasteiger partial charge on any atom is 0.166 e. The highest BCUT2D eigenvalue weighted by Gasteiger charge is 2.85. The third-order valence-corrected chi connectivity index (χ3v) is 9.42. The first-order valence-corrected chi connectivity index (χ1v) is 8.05. The molecule has 2 fully saturated rings. The van der Waals surface area contributed by atoms with Crippen LogP contribution in [0, 0.1) is 23.7 Å². The molecular formula is C12H8Cl6. The second kappa shape index (κ2) is 3.34. The van der Waals surface area contributed by atoms with Gasteiger partial charge in [0.05, 0.1) is 10.1 Å². The van der Waals surface area contributed by atoms with Crippen LogP contribution < -0.4 is 0 Å². The van der Waals surface area contributed by atoms with Crippen LogP contribution in [0.3, 0.4) is 0 Å². The van der Waals surface area contributed by atoms with Crippen molar-refractivity contribution in [3.8, 4) is 0 Å². The zero-order chi connectivity index (χ0) is 13.1. The van der Waals surface area contributed by atoms with Gasteiger partial charge < -0.3 is 0 Å². The van der Waals surface area contributed by atoms with Crippen LogP contribution in [0.2, 0.25) is 0 Å². The molecule has 0 aromatic rings. The Hall–Kier alpha value is 1.22. The van der Waals surface area contributed by atoms with Crippen LogP contribution in [0.25, 0.3) is 0 Å². The minimum atomic E-state index is -1.37. The zero-order valence-electron chi connectivity index (χ0n) is 8.94. The van der Waals surface area contributed by atoms with Gasteiger partial charge in [-0.05, 0) is 30.1 Å². The van der Waals surface area contributed by atoms with E-state index in [1.54, 1.807) is 0 Å². The summed E-state index contributed by atoms with van der Waals surface area (Å²) in [6.07, 6.45) is 5.40. The number of allylic oxidation sites excluding steroid dienone is 4. The second-order valence-corrected chi connectivity index (χ2v) is 8.90. The van der Waals surface area contributed by atoms with Crippen molar-refractivity contribution in [2.24, 2.45) is 23.7 Å². The van der Waals surface area contributed by atoms with Crippen molar-refractivity contribution in [3.63, 3.8) is 0 Å². The van der Waals surface area contributed by atoms with E-state index in [4.69, 9.17) is 69.6 Å². The van der Waals surface area contributed by atoms with E-state index < -0.39 is 14.1 Å². The third kappa shape index (κ3) is 0.973. The molecule has 0 aliphatic heterocycles. The lowest BCUT2D eigenvalue weighted by atomic mass is 9.75. The molecule has 0 unspecified atom stereocenters. The molecule has 0 aromatic carbocycles. The summed E-state index contributed by atoms with van der Waals surface area (Å²) in [6.45, 7) is 0. The van der Waals surface area contributed by atoms with E-state index >= 15 is 0 Å². The van der Waals surface area contributed by atoms with E-state index in [0.29, 0.717) is 21.9 Å². The van der Waals surface area contributed by atoms with Crippen molar-refractivity contribution >= 4 is 69.6 Å². The van der Waals surface area contributed by atoms with E-state index in [1.807, 2.05) is 0 Å². The minimum absolute atomic E-state index is 0.0664. The fourth-order valence-corrected chi connectivity index (χ4v) is 7.61. The molecule has 4 aliphatic rings. The van der Waals surface area contributed by atoms with Crippen LogP contribution in [0.15, 0.2) is 22.2 Å². The Morgan fingerprint density at radius 3 is 1.61 bits per heavy atom. The Morgan fingerprint density at radius 2 is 1.22 bits per heavy atom. The lowest BCUT2D eigenvalue weighted by Gasteiger charge is -2.37. The lowest BCUT2D eigenvalue weighted by Crippen LogP contribution is -2.46. The van der Waals surface area contributed by atoms with Crippen molar-refractivity contribution < 1.29 is 0 Å². The predicted octanol–water partition coefficient (Wildman–Crippen LogP) is 5.27. The molecule has 98 valence electrons. The number of fused-ring (bicyclic) bond motifs is 9. The van der Waals surface area contributed by atoms with Gasteiger partial charge in [0, 0.05) is 0 Å². The monoisotopic (exact) mass is 362 g/mol. The number of rotatable bonds is 0. The molecule has 2 saturated carbocycles. The van der Waals surface area contributed by atoms with Gasteiger partial charge in [-0.15, -0.1) is 23.2 Å². The number of halogens is 6. The molecule has 0 spiro atoms. The van der Waals surface area contributed by atoms with Gasteiger partial charge in [0.2, 0.25) is 0 Å².